The second-order valence-corrected chi connectivity index (χ2v) is 8.06. The highest BCUT2D eigenvalue weighted by Gasteiger charge is 2.18. The molecule has 26 heavy (non-hydrogen) atoms. The van der Waals surface area contributed by atoms with Gasteiger partial charge in [-0.1, -0.05) is 59.4 Å². The SMILES string of the molecule is Cc1ccc(N(CCC#N)C(=O)CSC2=Nc3ccccc3CS2)cc1. The van der Waals surface area contributed by atoms with Crippen LogP contribution in [0.3, 0.4) is 0 Å². The highest BCUT2D eigenvalue weighted by atomic mass is 32.2. The van der Waals surface area contributed by atoms with E-state index < -0.39 is 0 Å². The Balaban J connectivity index is 1.67. The molecule has 3 rings (SSSR count). The third kappa shape index (κ3) is 4.69. The first-order valence-electron chi connectivity index (χ1n) is 8.33. The standard InChI is InChI=1S/C20H19N3OS2/c1-15-7-9-17(10-8-15)23(12-4-11-21)19(24)14-26-20-22-18-6-3-2-5-16(18)13-25-20/h2-3,5-10H,4,12-14H2,1H3. The summed E-state index contributed by atoms with van der Waals surface area (Å²) in [7, 11) is 0. The minimum absolute atomic E-state index is 0.00346. The quantitative estimate of drug-likeness (QED) is 0.738. The number of hydrogen-bond acceptors (Lipinski definition) is 5. The van der Waals surface area contributed by atoms with E-state index in [9.17, 15) is 4.79 Å². The van der Waals surface area contributed by atoms with Crippen molar-refractivity contribution in [1.29, 1.82) is 5.26 Å². The Morgan fingerprint density at radius 1 is 1.27 bits per heavy atom. The maximum atomic E-state index is 12.8. The van der Waals surface area contributed by atoms with Crippen LogP contribution in [0.25, 0.3) is 0 Å². The summed E-state index contributed by atoms with van der Waals surface area (Å²) in [5.74, 6) is 1.19. The Kier molecular flexibility index (Phi) is 6.37. The van der Waals surface area contributed by atoms with Crippen molar-refractivity contribution in [2.45, 2.75) is 19.1 Å². The van der Waals surface area contributed by atoms with Crippen LogP contribution in [0.1, 0.15) is 17.5 Å². The lowest BCUT2D eigenvalue weighted by molar-refractivity contribution is -0.116. The lowest BCUT2D eigenvalue weighted by Gasteiger charge is -2.22. The molecule has 0 atom stereocenters. The van der Waals surface area contributed by atoms with Crippen molar-refractivity contribution in [3.8, 4) is 6.07 Å². The Bertz CT molecular complexity index is 856. The van der Waals surface area contributed by atoms with Crippen LogP contribution >= 0.6 is 23.5 Å². The van der Waals surface area contributed by atoms with Gasteiger partial charge in [-0.15, -0.1) is 0 Å². The summed E-state index contributed by atoms with van der Waals surface area (Å²) >= 11 is 3.13. The van der Waals surface area contributed by atoms with E-state index in [1.54, 1.807) is 16.7 Å². The van der Waals surface area contributed by atoms with E-state index in [0.29, 0.717) is 18.7 Å². The molecule has 0 saturated carbocycles. The van der Waals surface area contributed by atoms with Gasteiger partial charge in [-0.05, 0) is 30.7 Å². The van der Waals surface area contributed by atoms with Gasteiger partial charge >= 0.3 is 0 Å². The number of carbonyl (C=O) groups excluding carboxylic acids is 1. The topological polar surface area (TPSA) is 56.5 Å². The highest BCUT2D eigenvalue weighted by Crippen LogP contribution is 2.34. The van der Waals surface area contributed by atoms with E-state index >= 15 is 0 Å². The molecule has 4 nitrogen and oxygen atoms in total. The fourth-order valence-electron chi connectivity index (χ4n) is 2.57. The number of fused-ring (bicyclic) bond motifs is 1. The van der Waals surface area contributed by atoms with Crippen molar-refractivity contribution in [2.24, 2.45) is 4.99 Å². The van der Waals surface area contributed by atoms with Crippen LogP contribution in [0, 0.1) is 18.3 Å². The number of rotatable bonds is 5. The van der Waals surface area contributed by atoms with Crippen molar-refractivity contribution in [1.82, 2.24) is 0 Å². The number of thioether (sulfide) groups is 2. The molecular formula is C20H19N3OS2. The molecule has 1 aliphatic heterocycles. The molecule has 2 aromatic carbocycles. The Morgan fingerprint density at radius 2 is 2.04 bits per heavy atom. The first-order valence-corrected chi connectivity index (χ1v) is 10.3. The van der Waals surface area contributed by atoms with E-state index in [1.165, 1.54) is 17.3 Å². The molecule has 6 heteroatoms. The van der Waals surface area contributed by atoms with Gasteiger partial charge in [-0.2, -0.15) is 5.26 Å². The molecule has 0 bridgehead atoms. The van der Waals surface area contributed by atoms with Gasteiger partial charge < -0.3 is 4.90 Å². The molecule has 2 aromatic rings. The summed E-state index contributed by atoms with van der Waals surface area (Å²) in [6, 6.07) is 18.0. The van der Waals surface area contributed by atoms with E-state index in [0.717, 1.165) is 27.1 Å². The van der Waals surface area contributed by atoms with Crippen LogP contribution in [-0.4, -0.2) is 22.6 Å². The monoisotopic (exact) mass is 381 g/mol. The van der Waals surface area contributed by atoms with E-state index in [4.69, 9.17) is 5.26 Å². The fraction of sp³-hybridized carbons (Fsp3) is 0.250. The molecule has 0 aliphatic carbocycles. The number of aryl methyl sites for hydroxylation is 1. The zero-order chi connectivity index (χ0) is 18.4. The largest absolute Gasteiger partial charge is 0.311 e. The molecule has 132 valence electrons. The van der Waals surface area contributed by atoms with Crippen molar-refractivity contribution in [3.63, 3.8) is 0 Å². The summed E-state index contributed by atoms with van der Waals surface area (Å²) < 4.78 is 0.918. The van der Waals surface area contributed by atoms with Crippen molar-refractivity contribution in [3.05, 3.63) is 59.7 Å². The lowest BCUT2D eigenvalue weighted by Crippen LogP contribution is -2.33. The van der Waals surface area contributed by atoms with Crippen molar-refractivity contribution in [2.75, 3.05) is 17.2 Å². The molecule has 0 saturated heterocycles. The van der Waals surface area contributed by atoms with Crippen LogP contribution < -0.4 is 4.90 Å². The maximum Gasteiger partial charge on any atom is 0.237 e. The molecule has 0 fully saturated rings. The van der Waals surface area contributed by atoms with E-state index in [2.05, 4.69) is 17.1 Å². The number of amides is 1. The van der Waals surface area contributed by atoms with Crippen LogP contribution in [-0.2, 0) is 10.5 Å². The van der Waals surface area contributed by atoms with Gasteiger partial charge in [0.1, 0.15) is 4.38 Å². The summed E-state index contributed by atoms with van der Waals surface area (Å²) in [5.41, 5.74) is 4.19. The highest BCUT2D eigenvalue weighted by molar-refractivity contribution is 8.38. The third-order valence-corrected chi connectivity index (χ3v) is 6.20. The van der Waals surface area contributed by atoms with Gasteiger partial charge in [-0.25, -0.2) is 4.99 Å². The van der Waals surface area contributed by atoms with Crippen molar-refractivity contribution < 1.29 is 4.79 Å². The number of aliphatic imine (C=N–C) groups is 1. The first-order chi connectivity index (χ1) is 12.7. The second-order valence-electron chi connectivity index (χ2n) is 5.87. The minimum Gasteiger partial charge on any atom is -0.311 e. The summed E-state index contributed by atoms with van der Waals surface area (Å²) in [6.07, 6.45) is 0.313. The zero-order valence-electron chi connectivity index (χ0n) is 14.5. The molecule has 1 amide bonds. The van der Waals surface area contributed by atoms with Gasteiger partial charge in [0.05, 0.1) is 23.9 Å². The Labute approximate surface area is 162 Å². The van der Waals surface area contributed by atoms with Gasteiger partial charge in [0.2, 0.25) is 5.91 Å². The number of carbonyl (C=O) groups is 1. The molecule has 1 heterocycles. The molecule has 1 aliphatic rings. The summed E-state index contributed by atoms with van der Waals surface area (Å²) in [4.78, 5) is 19.1. The number of para-hydroxylation sites is 1. The zero-order valence-corrected chi connectivity index (χ0v) is 16.1. The number of hydrogen-bond donors (Lipinski definition) is 0. The maximum absolute atomic E-state index is 12.8. The first kappa shape index (κ1) is 18.6. The van der Waals surface area contributed by atoms with Crippen LogP contribution in [0.4, 0.5) is 11.4 Å². The number of nitrogens with zero attached hydrogens (tertiary/aromatic N) is 3. The molecule has 0 unspecified atom stereocenters. The molecular weight excluding hydrogens is 362 g/mol. The average Bonchev–Trinajstić information content (AvgIpc) is 2.67. The Hall–Kier alpha value is -2.23. The molecule has 0 aromatic heterocycles. The number of anilines is 1. The second kappa shape index (κ2) is 8.93. The molecule has 0 spiro atoms. The predicted octanol–water partition coefficient (Wildman–Crippen LogP) is 4.91. The Morgan fingerprint density at radius 3 is 2.81 bits per heavy atom. The van der Waals surface area contributed by atoms with Gasteiger partial charge in [-0.3, -0.25) is 4.79 Å². The van der Waals surface area contributed by atoms with Crippen LogP contribution in [0.15, 0.2) is 53.5 Å². The van der Waals surface area contributed by atoms with E-state index in [1.807, 2.05) is 49.4 Å². The summed E-state index contributed by atoms with van der Waals surface area (Å²) in [5, 5.41) is 8.90. The van der Waals surface area contributed by atoms with Gasteiger partial charge in [0, 0.05) is 18.0 Å². The number of benzene rings is 2. The summed E-state index contributed by atoms with van der Waals surface area (Å²) in [6.45, 7) is 2.42. The lowest BCUT2D eigenvalue weighted by atomic mass is 10.2. The molecule has 0 N–H and O–H groups in total. The van der Waals surface area contributed by atoms with E-state index in [-0.39, 0.29) is 5.91 Å². The van der Waals surface area contributed by atoms with Crippen LogP contribution in [0.2, 0.25) is 0 Å². The predicted molar refractivity (Wildman–Crippen MR) is 111 cm³/mol. The fourth-order valence-corrected chi connectivity index (χ4v) is 4.51. The third-order valence-electron chi connectivity index (χ3n) is 3.97. The molecule has 0 radical (unpaired) electrons. The van der Waals surface area contributed by atoms with Gasteiger partial charge in [0.15, 0.2) is 0 Å². The average molecular weight is 382 g/mol. The number of nitriles is 1. The normalized spacial score (nSPS) is 12.7. The van der Waals surface area contributed by atoms with Crippen molar-refractivity contribution >= 4 is 45.2 Å². The minimum atomic E-state index is -0.00346. The van der Waals surface area contributed by atoms with Crippen LogP contribution in [0.5, 0.6) is 0 Å². The van der Waals surface area contributed by atoms with Gasteiger partial charge in [0.25, 0.3) is 0 Å². The smallest absolute Gasteiger partial charge is 0.237 e.